The minimum absolute atomic E-state index is 0.000751. The van der Waals surface area contributed by atoms with E-state index in [4.69, 9.17) is 32.7 Å². The number of aromatic nitrogens is 4. The van der Waals surface area contributed by atoms with Crippen LogP contribution in [0.5, 0.6) is 11.5 Å². The zero-order valence-electron chi connectivity index (χ0n) is 16.9. The molecule has 0 bridgehead atoms. The normalized spacial score (nSPS) is 11.7. The maximum Gasteiger partial charge on any atom is 0.437 e. The molecule has 0 aliphatic rings. The second-order valence-corrected chi connectivity index (χ2v) is 7.07. The molecule has 1 aromatic carbocycles. The Kier molecular flexibility index (Phi) is 6.83. The Hall–Kier alpha value is -4.44. The first-order valence-corrected chi connectivity index (χ1v) is 9.51. The van der Waals surface area contributed by atoms with E-state index in [0.717, 1.165) is 29.0 Å². The van der Waals surface area contributed by atoms with Crippen LogP contribution < -0.4 is 21.6 Å². The predicted octanol–water partition coefficient (Wildman–Crippen LogP) is 2.66. The number of alkyl halides is 3. The first-order chi connectivity index (χ1) is 16.0. The summed E-state index contributed by atoms with van der Waals surface area (Å²) in [4.78, 5) is 28.2. The number of allylic oxidation sites excluding steroid dienone is 1. The molecule has 0 saturated carbocycles. The Morgan fingerprint density at radius 3 is 2.71 bits per heavy atom. The van der Waals surface area contributed by atoms with Gasteiger partial charge in [0.05, 0.1) is 35.8 Å². The van der Waals surface area contributed by atoms with Gasteiger partial charge in [0.1, 0.15) is 5.75 Å². The van der Waals surface area contributed by atoms with E-state index < -0.39 is 35.3 Å². The quantitative estimate of drug-likeness (QED) is 0.446. The number of benzene rings is 1. The fraction of sp³-hybridized carbons (Fsp3) is 0.100. The maximum absolute atomic E-state index is 13.5. The van der Waals surface area contributed by atoms with Gasteiger partial charge in [-0.05, 0) is 30.3 Å². The van der Waals surface area contributed by atoms with Gasteiger partial charge in [0.15, 0.2) is 5.69 Å². The van der Waals surface area contributed by atoms with Gasteiger partial charge >= 0.3 is 6.18 Å². The lowest BCUT2D eigenvalue weighted by atomic mass is 10.2. The van der Waals surface area contributed by atoms with Crippen molar-refractivity contribution in [2.45, 2.75) is 12.7 Å². The number of hydrogen-bond acceptors (Lipinski definition) is 8. The van der Waals surface area contributed by atoms with Crippen LogP contribution in [0.4, 0.5) is 13.2 Å². The molecule has 10 nitrogen and oxygen atoms in total. The van der Waals surface area contributed by atoms with E-state index in [1.807, 2.05) is 0 Å². The Bertz CT molecular complexity index is 1460. The highest BCUT2D eigenvalue weighted by molar-refractivity contribution is 6.30. The largest absolute Gasteiger partial charge is 0.449 e. The lowest BCUT2D eigenvalue weighted by Crippen LogP contribution is -2.27. The molecule has 2 heterocycles. The maximum atomic E-state index is 13.5. The van der Waals surface area contributed by atoms with Crippen molar-refractivity contribution in [2.75, 3.05) is 0 Å². The number of nitriles is 1. The van der Waals surface area contributed by atoms with Crippen molar-refractivity contribution in [3.8, 4) is 17.6 Å². The van der Waals surface area contributed by atoms with Crippen molar-refractivity contribution in [3.63, 3.8) is 0 Å². The molecule has 3 aromatic rings. The average Bonchev–Trinajstić information content (AvgIpc) is 2.76. The van der Waals surface area contributed by atoms with Gasteiger partial charge in [-0.1, -0.05) is 11.6 Å². The topological polar surface area (TPSA) is 164 Å². The second-order valence-electron chi connectivity index (χ2n) is 6.63. The molecule has 0 unspecified atom stereocenters. The lowest BCUT2D eigenvalue weighted by Gasteiger charge is -2.15. The van der Waals surface area contributed by atoms with E-state index >= 15 is 0 Å². The number of aromatic amines is 1. The zero-order chi connectivity index (χ0) is 25.0. The second kappa shape index (κ2) is 9.59. The molecule has 2 aromatic heterocycles. The summed E-state index contributed by atoms with van der Waals surface area (Å²) in [6.07, 6.45) is -2.37. The standard InChI is InChI=1S/C20H13ClF3N7O3/c21-11-3-10(7-26)4-13(5-11)34-16-17(20(22,23)24)28-9-31(19(16)33)8-12-6-14(15(27)1-2-25)18(32)30-29-12/h1-6,9,25H,8,27H2,(H,30,32)/b15-1-,25-2?. The Balaban J connectivity index is 2.09. The van der Waals surface area contributed by atoms with Gasteiger partial charge in [-0.2, -0.15) is 23.5 Å². The van der Waals surface area contributed by atoms with Crippen molar-refractivity contribution in [2.24, 2.45) is 5.73 Å². The molecule has 174 valence electrons. The van der Waals surface area contributed by atoms with Gasteiger partial charge in [0.25, 0.3) is 11.1 Å². The van der Waals surface area contributed by atoms with Gasteiger partial charge < -0.3 is 15.9 Å². The molecular weight excluding hydrogens is 479 g/mol. The smallest absolute Gasteiger partial charge is 0.437 e. The summed E-state index contributed by atoms with van der Waals surface area (Å²) in [5.74, 6) is -1.42. The summed E-state index contributed by atoms with van der Waals surface area (Å²) >= 11 is 5.86. The molecule has 34 heavy (non-hydrogen) atoms. The summed E-state index contributed by atoms with van der Waals surface area (Å²) in [5.41, 5.74) is 2.19. The molecule has 3 rings (SSSR count). The lowest BCUT2D eigenvalue weighted by molar-refractivity contribution is -0.142. The summed E-state index contributed by atoms with van der Waals surface area (Å²) < 4.78 is 46.5. The fourth-order valence-electron chi connectivity index (χ4n) is 2.78. The molecule has 0 radical (unpaired) electrons. The minimum Gasteiger partial charge on any atom is -0.449 e. The Morgan fingerprint density at radius 2 is 2.06 bits per heavy atom. The van der Waals surface area contributed by atoms with Gasteiger partial charge in [0.2, 0.25) is 5.75 Å². The number of nitrogens with two attached hydrogens (primary N) is 1. The predicted molar refractivity (Wildman–Crippen MR) is 115 cm³/mol. The first kappa shape index (κ1) is 24.2. The van der Waals surface area contributed by atoms with Crippen molar-refractivity contribution in [3.05, 3.63) is 84.9 Å². The highest BCUT2D eigenvalue weighted by Crippen LogP contribution is 2.35. The van der Waals surface area contributed by atoms with Crippen LogP contribution in [0, 0.1) is 16.7 Å². The third kappa shape index (κ3) is 5.30. The van der Waals surface area contributed by atoms with Crippen molar-refractivity contribution >= 4 is 23.5 Å². The van der Waals surface area contributed by atoms with Gasteiger partial charge in [-0.15, -0.1) is 0 Å². The summed E-state index contributed by atoms with van der Waals surface area (Å²) in [6, 6.07) is 6.49. The third-order valence-corrected chi connectivity index (χ3v) is 4.47. The van der Waals surface area contributed by atoms with Crippen LogP contribution in [0.2, 0.25) is 5.02 Å². The number of halogens is 4. The molecule has 4 N–H and O–H groups in total. The van der Waals surface area contributed by atoms with Crippen LogP contribution in [-0.2, 0) is 12.7 Å². The van der Waals surface area contributed by atoms with E-state index in [0.29, 0.717) is 6.33 Å². The van der Waals surface area contributed by atoms with E-state index in [9.17, 15) is 22.8 Å². The van der Waals surface area contributed by atoms with Crippen LogP contribution in [0.15, 0.2) is 46.3 Å². The van der Waals surface area contributed by atoms with Crippen LogP contribution >= 0.6 is 11.6 Å². The summed E-state index contributed by atoms with van der Waals surface area (Å²) in [6.45, 7) is -0.402. The van der Waals surface area contributed by atoms with Gasteiger partial charge in [-0.3, -0.25) is 14.2 Å². The van der Waals surface area contributed by atoms with Crippen LogP contribution in [0.25, 0.3) is 5.70 Å². The zero-order valence-corrected chi connectivity index (χ0v) is 17.6. The van der Waals surface area contributed by atoms with E-state index in [-0.39, 0.29) is 33.3 Å². The highest BCUT2D eigenvalue weighted by Gasteiger charge is 2.38. The van der Waals surface area contributed by atoms with Gasteiger partial charge in [-0.25, -0.2) is 10.1 Å². The molecular formula is C20H13ClF3N7O3. The third-order valence-electron chi connectivity index (χ3n) is 4.25. The first-order valence-electron chi connectivity index (χ1n) is 9.14. The monoisotopic (exact) mass is 491 g/mol. The van der Waals surface area contributed by atoms with Crippen LogP contribution in [0.3, 0.4) is 0 Å². The number of hydrogen-bond donors (Lipinski definition) is 3. The molecule has 14 heteroatoms. The fourth-order valence-corrected chi connectivity index (χ4v) is 3.00. The van der Waals surface area contributed by atoms with Crippen molar-refractivity contribution < 1.29 is 17.9 Å². The summed E-state index contributed by atoms with van der Waals surface area (Å²) in [5, 5.41) is 22.0. The van der Waals surface area contributed by atoms with E-state index in [1.54, 1.807) is 6.07 Å². The van der Waals surface area contributed by atoms with E-state index in [1.165, 1.54) is 12.1 Å². The number of ether oxygens (including phenoxy) is 1. The number of nitrogens with zero attached hydrogens (tertiary/aromatic N) is 4. The van der Waals surface area contributed by atoms with Crippen LogP contribution in [0.1, 0.15) is 22.5 Å². The summed E-state index contributed by atoms with van der Waals surface area (Å²) in [7, 11) is 0. The number of H-pyrrole nitrogens is 1. The molecule has 0 atom stereocenters. The Labute approximate surface area is 193 Å². The van der Waals surface area contributed by atoms with Crippen molar-refractivity contribution in [1.29, 1.82) is 10.7 Å². The SMILES string of the molecule is N#Cc1cc(Cl)cc(Oc2c(C(F)(F)F)ncn(Cc3cc(/C(N)=C/C=N)c(=O)[nH]n3)c2=O)c1. The number of nitrogens with one attached hydrogen (secondary N) is 2. The minimum atomic E-state index is -5.03. The molecule has 0 aliphatic heterocycles. The Morgan fingerprint density at radius 1 is 1.32 bits per heavy atom. The molecule has 0 spiro atoms. The number of rotatable bonds is 6. The van der Waals surface area contributed by atoms with Gasteiger partial charge in [0, 0.05) is 16.9 Å². The molecule has 0 amide bonds. The average molecular weight is 492 g/mol. The highest BCUT2D eigenvalue weighted by atomic mass is 35.5. The van der Waals surface area contributed by atoms with Crippen molar-refractivity contribution in [1.82, 2.24) is 19.7 Å². The molecule has 0 aliphatic carbocycles. The molecule has 0 fully saturated rings. The van der Waals surface area contributed by atoms with Crippen LogP contribution in [-0.4, -0.2) is 26.0 Å². The molecule has 0 saturated heterocycles. The van der Waals surface area contributed by atoms with E-state index in [2.05, 4.69) is 15.2 Å².